The van der Waals surface area contributed by atoms with Crippen LogP contribution >= 0.6 is 24.8 Å². The molecule has 1 saturated carbocycles. The summed E-state index contributed by atoms with van der Waals surface area (Å²) in [5, 5.41) is 11.1. The zero-order valence-corrected chi connectivity index (χ0v) is 14.5. The zero-order valence-electron chi connectivity index (χ0n) is 12.9. The highest BCUT2D eigenvalue weighted by atomic mass is 35.5. The van der Waals surface area contributed by atoms with Crippen LogP contribution in [0.2, 0.25) is 0 Å². The minimum absolute atomic E-state index is 0. The first-order chi connectivity index (χ1) is 10.2. The van der Waals surface area contributed by atoms with E-state index in [1.807, 2.05) is 28.8 Å². The number of nitrogens with two attached hydrogens (primary N) is 1. The van der Waals surface area contributed by atoms with Crippen molar-refractivity contribution in [2.75, 3.05) is 0 Å². The average Bonchev–Trinajstić information content (AvgIpc) is 2.91. The van der Waals surface area contributed by atoms with Gasteiger partial charge in [-0.2, -0.15) is 0 Å². The third-order valence-electron chi connectivity index (χ3n) is 4.24. The lowest BCUT2D eigenvalue weighted by molar-refractivity contribution is -0.122. The van der Waals surface area contributed by atoms with Gasteiger partial charge in [-0.3, -0.25) is 9.20 Å². The number of aromatic nitrogens is 3. The van der Waals surface area contributed by atoms with Gasteiger partial charge >= 0.3 is 0 Å². The van der Waals surface area contributed by atoms with Crippen LogP contribution in [-0.4, -0.2) is 26.5 Å². The molecule has 1 aliphatic carbocycles. The molecule has 3 N–H and O–H groups in total. The first kappa shape index (κ1) is 19.7. The topological polar surface area (TPSA) is 85.3 Å². The van der Waals surface area contributed by atoms with Crippen LogP contribution in [0.1, 0.15) is 37.9 Å². The minimum atomic E-state index is 0. The summed E-state index contributed by atoms with van der Waals surface area (Å²) in [6.45, 7) is 0.395. The number of pyridine rings is 1. The van der Waals surface area contributed by atoms with Crippen molar-refractivity contribution in [2.45, 2.75) is 44.7 Å². The van der Waals surface area contributed by atoms with Gasteiger partial charge in [-0.1, -0.05) is 18.9 Å². The van der Waals surface area contributed by atoms with Gasteiger partial charge in [-0.15, -0.1) is 35.0 Å². The maximum atomic E-state index is 12.1. The number of carbonyl (C=O) groups is 1. The van der Waals surface area contributed by atoms with Crippen molar-refractivity contribution in [3.8, 4) is 0 Å². The van der Waals surface area contributed by atoms with E-state index in [0.717, 1.165) is 24.3 Å². The van der Waals surface area contributed by atoms with Gasteiger partial charge in [0.1, 0.15) is 0 Å². The summed E-state index contributed by atoms with van der Waals surface area (Å²) in [5.41, 5.74) is 6.87. The van der Waals surface area contributed by atoms with Crippen molar-refractivity contribution in [1.29, 1.82) is 0 Å². The first-order valence-electron chi connectivity index (χ1n) is 7.55. The molecule has 1 fully saturated rings. The van der Waals surface area contributed by atoms with Crippen LogP contribution in [-0.2, 0) is 11.3 Å². The molecule has 2 aromatic rings. The number of nitrogens with zero attached hydrogens (tertiary/aromatic N) is 3. The Hall–Kier alpha value is -1.37. The maximum Gasteiger partial charge on any atom is 0.220 e. The van der Waals surface area contributed by atoms with E-state index < -0.39 is 0 Å². The third-order valence-corrected chi connectivity index (χ3v) is 4.24. The molecule has 2 aromatic heterocycles. The van der Waals surface area contributed by atoms with Crippen LogP contribution < -0.4 is 11.1 Å². The Morgan fingerprint density at radius 2 is 2.04 bits per heavy atom. The highest BCUT2D eigenvalue weighted by Crippen LogP contribution is 2.25. The molecule has 0 saturated heterocycles. The van der Waals surface area contributed by atoms with Crippen molar-refractivity contribution in [1.82, 2.24) is 19.9 Å². The Morgan fingerprint density at radius 1 is 1.26 bits per heavy atom. The van der Waals surface area contributed by atoms with Gasteiger partial charge in [-0.25, -0.2) is 0 Å². The normalized spacial score (nSPS) is 20.4. The van der Waals surface area contributed by atoms with Gasteiger partial charge in [0.05, 0.1) is 6.54 Å². The molecule has 0 spiro atoms. The SMILES string of the molecule is Cl.Cl.NC1CCCCC1CC(=O)NCc1nnc2ccccn12. The second-order valence-corrected chi connectivity index (χ2v) is 5.73. The highest BCUT2D eigenvalue weighted by molar-refractivity contribution is 5.85. The molecule has 3 rings (SSSR count). The van der Waals surface area contributed by atoms with Gasteiger partial charge < -0.3 is 11.1 Å². The Kier molecular flexibility index (Phi) is 7.75. The zero-order chi connectivity index (χ0) is 14.7. The molecule has 6 nitrogen and oxygen atoms in total. The fraction of sp³-hybridized carbons (Fsp3) is 0.533. The maximum absolute atomic E-state index is 12.1. The second kappa shape index (κ2) is 9.05. The molecule has 1 amide bonds. The summed E-state index contributed by atoms with van der Waals surface area (Å²) in [5.74, 6) is 1.10. The molecule has 2 heterocycles. The van der Waals surface area contributed by atoms with Gasteiger partial charge in [0, 0.05) is 18.7 Å². The Labute approximate surface area is 148 Å². The highest BCUT2D eigenvalue weighted by Gasteiger charge is 2.24. The van der Waals surface area contributed by atoms with Crippen molar-refractivity contribution in [3.05, 3.63) is 30.2 Å². The largest absolute Gasteiger partial charge is 0.349 e. The molecule has 8 heteroatoms. The van der Waals surface area contributed by atoms with Gasteiger partial charge in [0.2, 0.25) is 5.91 Å². The van der Waals surface area contributed by atoms with Crippen LogP contribution in [0.3, 0.4) is 0 Å². The van der Waals surface area contributed by atoms with Crippen LogP contribution in [0.5, 0.6) is 0 Å². The summed E-state index contributed by atoms with van der Waals surface area (Å²) in [6, 6.07) is 5.89. The molecule has 2 atom stereocenters. The number of fused-ring (bicyclic) bond motifs is 1. The van der Waals surface area contributed by atoms with Crippen molar-refractivity contribution in [3.63, 3.8) is 0 Å². The van der Waals surface area contributed by atoms with E-state index in [4.69, 9.17) is 5.73 Å². The smallest absolute Gasteiger partial charge is 0.220 e. The van der Waals surface area contributed by atoms with Crippen molar-refractivity contribution in [2.24, 2.45) is 11.7 Å². The molecular formula is C15H23Cl2N5O. The van der Waals surface area contributed by atoms with Gasteiger partial charge in [0.25, 0.3) is 0 Å². The van der Waals surface area contributed by atoms with Crippen LogP contribution in [0.25, 0.3) is 5.65 Å². The molecule has 0 aromatic carbocycles. The number of halogens is 2. The second-order valence-electron chi connectivity index (χ2n) is 5.73. The molecule has 1 aliphatic rings. The fourth-order valence-corrected chi connectivity index (χ4v) is 2.99. The lowest BCUT2D eigenvalue weighted by Gasteiger charge is -2.27. The number of carbonyl (C=O) groups excluding carboxylic acids is 1. The average molecular weight is 360 g/mol. The van der Waals surface area contributed by atoms with E-state index in [-0.39, 0.29) is 36.8 Å². The molecule has 0 bridgehead atoms. The minimum Gasteiger partial charge on any atom is -0.349 e. The predicted octanol–water partition coefficient (Wildman–Crippen LogP) is 2.10. The molecule has 23 heavy (non-hydrogen) atoms. The fourth-order valence-electron chi connectivity index (χ4n) is 2.99. The standard InChI is InChI=1S/C15H21N5O.2ClH/c16-12-6-2-1-5-11(12)9-15(21)17-10-14-19-18-13-7-3-4-8-20(13)14;;/h3-4,7-8,11-12H,1-2,5-6,9-10,16H2,(H,17,21);2*1H. The summed E-state index contributed by atoms with van der Waals surface area (Å²) >= 11 is 0. The Bertz CT molecular complexity index is 633. The Morgan fingerprint density at radius 3 is 2.83 bits per heavy atom. The molecule has 0 aliphatic heterocycles. The summed E-state index contributed by atoms with van der Waals surface area (Å²) in [7, 11) is 0. The third kappa shape index (κ3) is 4.80. The number of amides is 1. The van der Waals surface area contributed by atoms with E-state index in [0.29, 0.717) is 18.9 Å². The van der Waals surface area contributed by atoms with Crippen LogP contribution in [0, 0.1) is 5.92 Å². The van der Waals surface area contributed by atoms with Crippen LogP contribution in [0.15, 0.2) is 24.4 Å². The van der Waals surface area contributed by atoms with E-state index >= 15 is 0 Å². The first-order valence-corrected chi connectivity index (χ1v) is 7.55. The van der Waals surface area contributed by atoms with E-state index in [9.17, 15) is 4.79 Å². The summed E-state index contributed by atoms with van der Waals surface area (Å²) < 4.78 is 1.88. The number of hydrogen-bond donors (Lipinski definition) is 2. The van der Waals surface area contributed by atoms with Gasteiger partial charge in [0.15, 0.2) is 11.5 Å². The molecule has 2 unspecified atom stereocenters. The monoisotopic (exact) mass is 359 g/mol. The van der Waals surface area contributed by atoms with Crippen molar-refractivity contribution >= 4 is 36.4 Å². The number of hydrogen-bond acceptors (Lipinski definition) is 4. The molecule has 0 radical (unpaired) electrons. The summed E-state index contributed by atoms with van der Waals surface area (Å²) in [6.07, 6.45) is 6.87. The quantitative estimate of drug-likeness (QED) is 0.874. The van der Waals surface area contributed by atoms with E-state index in [1.165, 1.54) is 12.8 Å². The molecular weight excluding hydrogens is 337 g/mol. The predicted molar refractivity (Wildman–Crippen MR) is 93.9 cm³/mol. The lowest BCUT2D eigenvalue weighted by atomic mass is 9.83. The number of nitrogens with one attached hydrogen (secondary N) is 1. The summed E-state index contributed by atoms with van der Waals surface area (Å²) in [4.78, 5) is 12.1. The lowest BCUT2D eigenvalue weighted by Crippen LogP contribution is -2.37. The van der Waals surface area contributed by atoms with Gasteiger partial charge in [-0.05, 0) is 30.9 Å². The van der Waals surface area contributed by atoms with E-state index in [1.54, 1.807) is 0 Å². The molecule has 128 valence electrons. The Balaban J connectivity index is 0.00000132. The van der Waals surface area contributed by atoms with Crippen LogP contribution in [0.4, 0.5) is 0 Å². The van der Waals surface area contributed by atoms with Crippen molar-refractivity contribution < 1.29 is 4.79 Å². The number of rotatable bonds is 4. The van der Waals surface area contributed by atoms with E-state index in [2.05, 4.69) is 15.5 Å².